The van der Waals surface area contributed by atoms with Crippen molar-refractivity contribution < 1.29 is 12.9 Å². The first-order chi connectivity index (χ1) is 14.8. The van der Waals surface area contributed by atoms with Gasteiger partial charge in [0.2, 0.25) is 21.7 Å². The molecule has 1 aliphatic heterocycles. The van der Waals surface area contributed by atoms with Gasteiger partial charge in [0.25, 0.3) is 0 Å². The third kappa shape index (κ3) is 4.82. The molecule has 0 saturated carbocycles. The molecular weight excluding hydrogens is 436 g/mol. The summed E-state index contributed by atoms with van der Waals surface area (Å²) in [5.74, 6) is 1.55. The molecule has 0 spiro atoms. The van der Waals surface area contributed by atoms with E-state index in [0.29, 0.717) is 50.4 Å². The highest BCUT2D eigenvalue weighted by Gasteiger charge is 2.30. The summed E-state index contributed by atoms with van der Waals surface area (Å²) in [7, 11) is -3.61. The minimum atomic E-state index is -3.61. The predicted molar refractivity (Wildman–Crippen MR) is 119 cm³/mol. The van der Waals surface area contributed by atoms with Crippen LogP contribution in [0.1, 0.15) is 31.2 Å². The average Bonchev–Trinajstić information content (AvgIpc) is 3.23. The molecular formula is C22H25ClN4O3S. The van der Waals surface area contributed by atoms with Gasteiger partial charge in [0.15, 0.2) is 0 Å². The second-order valence-corrected chi connectivity index (χ2v) is 10.2. The first kappa shape index (κ1) is 22.0. The van der Waals surface area contributed by atoms with Gasteiger partial charge in [-0.1, -0.05) is 67.0 Å². The summed E-state index contributed by atoms with van der Waals surface area (Å²) >= 11 is 6.10. The van der Waals surface area contributed by atoms with Crippen molar-refractivity contribution in [3.05, 3.63) is 65.0 Å². The molecule has 2 aromatic carbocycles. The number of aromatic nitrogens is 2. The van der Waals surface area contributed by atoms with Crippen molar-refractivity contribution in [2.45, 2.75) is 31.2 Å². The summed E-state index contributed by atoms with van der Waals surface area (Å²) in [6.45, 7) is 6.70. The first-order valence-corrected chi connectivity index (χ1v) is 12.1. The van der Waals surface area contributed by atoms with Gasteiger partial charge in [0.1, 0.15) is 4.90 Å². The minimum absolute atomic E-state index is 0.148. The first-order valence-electron chi connectivity index (χ1n) is 10.2. The molecule has 0 aliphatic carbocycles. The van der Waals surface area contributed by atoms with Crippen molar-refractivity contribution in [2.24, 2.45) is 0 Å². The van der Waals surface area contributed by atoms with Gasteiger partial charge >= 0.3 is 0 Å². The van der Waals surface area contributed by atoms with Gasteiger partial charge in [-0.2, -0.15) is 9.29 Å². The maximum Gasteiger partial charge on any atom is 0.244 e. The van der Waals surface area contributed by atoms with E-state index in [4.69, 9.17) is 16.1 Å². The van der Waals surface area contributed by atoms with Gasteiger partial charge in [-0.25, -0.2) is 8.42 Å². The van der Waals surface area contributed by atoms with Crippen LogP contribution in [0, 0.1) is 0 Å². The molecule has 164 valence electrons. The van der Waals surface area contributed by atoms with Gasteiger partial charge < -0.3 is 4.52 Å². The molecule has 1 saturated heterocycles. The highest BCUT2D eigenvalue weighted by Crippen LogP contribution is 2.25. The van der Waals surface area contributed by atoms with E-state index in [2.05, 4.69) is 41.0 Å². The van der Waals surface area contributed by atoms with Gasteiger partial charge in [-0.3, -0.25) is 4.90 Å². The Morgan fingerprint density at radius 1 is 1.03 bits per heavy atom. The number of piperazine rings is 1. The van der Waals surface area contributed by atoms with Crippen LogP contribution in [0.2, 0.25) is 5.02 Å². The molecule has 4 rings (SSSR count). The monoisotopic (exact) mass is 460 g/mol. The summed E-state index contributed by atoms with van der Waals surface area (Å²) in [6.07, 6.45) is 0. The molecule has 0 radical (unpaired) electrons. The Balaban J connectivity index is 1.37. The van der Waals surface area contributed by atoms with Crippen LogP contribution in [0.25, 0.3) is 11.4 Å². The van der Waals surface area contributed by atoms with E-state index >= 15 is 0 Å². The molecule has 1 fully saturated rings. The highest BCUT2D eigenvalue weighted by atomic mass is 35.5. The van der Waals surface area contributed by atoms with Crippen molar-refractivity contribution in [1.29, 1.82) is 0 Å². The topological polar surface area (TPSA) is 79.5 Å². The lowest BCUT2D eigenvalue weighted by molar-refractivity contribution is 0.163. The fourth-order valence-electron chi connectivity index (χ4n) is 3.57. The molecule has 0 amide bonds. The van der Waals surface area contributed by atoms with E-state index in [-0.39, 0.29) is 9.92 Å². The molecule has 0 atom stereocenters. The summed E-state index contributed by atoms with van der Waals surface area (Å²) in [6, 6.07) is 14.7. The third-order valence-electron chi connectivity index (χ3n) is 5.45. The predicted octanol–water partition coefficient (Wildman–Crippen LogP) is 4.02. The SMILES string of the molecule is CC(C)c1ccc(-c2noc(CN3CCN(S(=O)(=O)c4ccccc4Cl)CC3)n2)cc1. The number of rotatable bonds is 6. The van der Waals surface area contributed by atoms with Gasteiger partial charge in [0, 0.05) is 31.7 Å². The summed E-state index contributed by atoms with van der Waals surface area (Å²) < 4.78 is 32.7. The largest absolute Gasteiger partial charge is 0.338 e. The maximum atomic E-state index is 12.9. The Labute approximate surface area is 187 Å². The fourth-order valence-corrected chi connectivity index (χ4v) is 5.48. The quantitative estimate of drug-likeness (QED) is 0.552. The van der Waals surface area contributed by atoms with Crippen molar-refractivity contribution in [3.63, 3.8) is 0 Å². The Morgan fingerprint density at radius 2 is 1.71 bits per heavy atom. The molecule has 0 unspecified atom stereocenters. The van der Waals surface area contributed by atoms with E-state index in [9.17, 15) is 8.42 Å². The third-order valence-corrected chi connectivity index (χ3v) is 7.85. The summed E-state index contributed by atoms with van der Waals surface area (Å²) in [5.41, 5.74) is 2.17. The lowest BCUT2D eigenvalue weighted by Gasteiger charge is -2.33. The van der Waals surface area contributed by atoms with Crippen molar-refractivity contribution in [2.75, 3.05) is 26.2 Å². The Bertz CT molecular complexity index is 1140. The van der Waals surface area contributed by atoms with Crippen LogP contribution >= 0.6 is 11.6 Å². The van der Waals surface area contributed by atoms with Gasteiger partial charge in [-0.05, 0) is 23.6 Å². The maximum absolute atomic E-state index is 12.9. The Morgan fingerprint density at radius 3 is 2.35 bits per heavy atom. The average molecular weight is 461 g/mol. The number of benzene rings is 2. The smallest absolute Gasteiger partial charge is 0.244 e. The zero-order chi connectivity index (χ0) is 22.0. The van der Waals surface area contributed by atoms with E-state index in [1.807, 2.05) is 12.1 Å². The van der Waals surface area contributed by atoms with Crippen LogP contribution in [0.5, 0.6) is 0 Å². The lowest BCUT2D eigenvalue weighted by Crippen LogP contribution is -2.48. The van der Waals surface area contributed by atoms with Crippen molar-refractivity contribution in [3.8, 4) is 11.4 Å². The fraction of sp³-hybridized carbons (Fsp3) is 0.364. The van der Waals surface area contributed by atoms with E-state index in [1.165, 1.54) is 15.9 Å². The number of nitrogens with zero attached hydrogens (tertiary/aromatic N) is 4. The number of hydrogen-bond donors (Lipinski definition) is 0. The molecule has 1 aromatic heterocycles. The summed E-state index contributed by atoms with van der Waals surface area (Å²) in [4.78, 5) is 6.76. The van der Waals surface area contributed by atoms with Crippen molar-refractivity contribution in [1.82, 2.24) is 19.3 Å². The molecule has 0 N–H and O–H groups in total. The van der Waals surface area contributed by atoms with E-state index in [0.717, 1.165) is 5.56 Å². The van der Waals surface area contributed by atoms with E-state index < -0.39 is 10.0 Å². The molecule has 31 heavy (non-hydrogen) atoms. The second-order valence-electron chi connectivity index (χ2n) is 7.90. The number of sulfonamides is 1. The normalized spacial score (nSPS) is 16.1. The zero-order valence-electron chi connectivity index (χ0n) is 17.5. The summed E-state index contributed by atoms with van der Waals surface area (Å²) in [5, 5.41) is 4.34. The van der Waals surface area contributed by atoms with Crippen LogP contribution < -0.4 is 0 Å². The minimum Gasteiger partial charge on any atom is -0.338 e. The van der Waals surface area contributed by atoms with Crippen LogP contribution in [0.15, 0.2) is 57.9 Å². The molecule has 2 heterocycles. The Hall–Kier alpha value is -2.26. The Kier molecular flexibility index (Phi) is 6.43. The van der Waals surface area contributed by atoms with Gasteiger partial charge in [-0.15, -0.1) is 0 Å². The molecule has 9 heteroatoms. The molecule has 3 aromatic rings. The molecule has 1 aliphatic rings. The van der Waals surface area contributed by atoms with E-state index in [1.54, 1.807) is 18.2 Å². The standard InChI is InChI=1S/C22H25ClN4O3S/c1-16(2)17-7-9-18(10-8-17)22-24-21(30-25-22)15-26-11-13-27(14-12-26)31(28,29)20-6-4-3-5-19(20)23/h3-10,16H,11-15H2,1-2H3. The number of hydrogen-bond acceptors (Lipinski definition) is 6. The molecule has 7 nitrogen and oxygen atoms in total. The highest BCUT2D eigenvalue weighted by molar-refractivity contribution is 7.89. The second kappa shape index (κ2) is 9.08. The molecule has 0 bridgehead atoms. The zero-order valence-corrected chi connectivity index (χ0v) is 19.1. The lowest BCUT2D eigenvalue weighted by atomic mass is 10.0. The van der Waals surface area contributed by atoms with Crippen LogP contribution in [-0.4, -0.2) is 53.9 Å². The number of halogens is 1. The van der Waals surface area contributed by atoms with Crippen LogP contribution in [-0.2, 0) is 16.6 Å². The van der Waals surface area contributed by atoms with Crippen LogP contribution in [0.3, 0.4) is 0 Å². The van der Waals surface area contributed by atoms with Gasteiger partial charge in [0.05, 0.1) is 11.6 Å². The van der Waals surface area contributed by atoms with Crippen LogP contribution in [0.4, 0.5) is 0 Å². The van der Waals surface area contributed by atoms with Crippen molar-refractivity contribution >= 4 is 21.6 Å².